The average Bonchev–Trinajstić information content (AvgIpc) is 2.78. The molecule has 2 rings (SSSR count). The van der Waals surface area contributed by atoms with Crippen LogP contribution in [0.5, 0.6) is 5.75 Å². The molecule has 0 spiro atoms. The molecule has 0 aliphatic heterocycles. The van der Waals surface area contributed by atoms with Gasteiger partial charge < -0.3 is 19.7 Å². The summed E-state index contributed by atoms with van der Waals surface area (Å²) in [6.07, 6.45) is 0. The van der Waals surface area contributed by atoms with E-state index in [1.807, 2.05) is 38.1 Å². The number of aliphatic hydroxyl groups excluding tert-OH is 1. The highest BCUT2D eigenvalue weighted by Crippen LogP contribution is 2.18. The van der Waals surface area contributed by atoms with Crippen LogP contribution in [0.4, 0.5) is 0 Å². The Balaban J connectivity index is 1.94. The normalized spacial score (nSPS) is 10.8. The van der Waals surface area contributed by atoms with E-state index in [1.54, 1.807) is 0 Å². The van der Waals surface area contributed by atoms with Crippen LogP contribution in [0.15, 0.2) is 28.8 Å². The second kappa shape index (κ2) is 7.07. The van der Waals surface area contributed by atoms with Gasteiger partial charge >= 0.3 is 0 Å². The number of nitrogens with zero attached hydrogens (tertiary/aromatic N) is 1. The molecular weight excluding hydrogens is 256 g/mol. The number of benzene rings is 1. The molecule has 0 fully saturated rings. The van der Waals surface area contributed by atoms with Gasteiger partial charge in [-0.3, -0.25) is 0 Å². The Bertz CT molecular complexity index is 532. The molecule has 0 saturated carbocycles. The molecule has 0 amide bonds. The number of rotatable bonds is 7. The Kier molecular flexibility index (Phi) is 5.15. The zero-order chi connectivity index (χ0) is 14.4. The average molecular weight is 276 g/mol. The van der Waals surface area contributed by atoms with Crippen LogP contribution in [0.1, 0.15) is 22.6 Å². The fourth-order valence-corrected chi connectivity index (χ4v) is 2.02. The molecule has 108 valence electrons. The van der Waals surface area contributed by atoms with E-state index in [2.05, 4.69) is 10.5 Å². The SMILES string of the molecule is Cc1noc(C)c1CNCc1ccccc1OCCO. The molecule has 5 heteroatoms. The van der Waals surface area contributed by atoms with Crippen LogP contribution in [0.25, 0.3) is 0 Å². The number of aliphatic hydroxyl groups is 1. The minimum Gasteiger partial charge on any atom is -0.491 e. The van der Waals surface area contributed by atoms with Gasteiger partial charge in [-0.25, -0.2) is 0 Å². The molecule has 0 saturated heterocycles. The topological polar surface area (TPSA) is 67.5 Å². The monoisotopic (exact) mass is 276 g/mol. The summed E-state index contributed by atoms with van der Waals surface area (Å²) in [6.45, 7) is 5.56. The zero-order valence-electron chi connectivity index (χ0n) is 11.8. The van der Waals surface area contributed by atoms with Gasteiger partial charge in [0, 0.05) is 24.2 Å². The number of hydrogen-bond donors (Lipinski definition) is 2. The molecule has 0 atom stereocenters. The van der Waals surface area contributed by atoms with Gasteiger partial charge in [0.2, 0.25) is 0 Å². The van der Waals surface area contributed by atoms with E-state index in [0.29, 0.717) is 19.7 Å². The van der Waals surface area contributed by atoms with Crippen molar-refractivity contribution in [2.45, 2.75) is 26.9 Å². The van der Waals surface area contributed by atoms with Crippen molar-refractivity contribution in [3.05, 3.63) is 46.8 Å². The summed E-state index contributed by atoms with van der Waals surface area (Å²) in [5.41, 5.74) is 3.08. The molecule has 5 nitrogen and oxygen atoms in total. The molecule has 0 aliphatic carbocycles. The Morgan fingerprint density at radius 3 is 2.75 bits per heavy atom. The van der Waals surface area contributed by atoms with Crippen molar-refractivity contribution < 1.29 is 14.4 Å². The standard InChI is InChI=1S/C15H20N2O3/c1-11-14(12(2)20-17-11)10-16-9-13-5-3-4-6-15(13)19-8-7-18/h3-6,16,18H,7-10H2,1-2H3. The smallest absolute Gasteiger partial charge is 0.138 e. The highest BCUT2D eigenvalue weighted by Gasteiger charge is 2.09. The van der Waals surface area contributed by atoms with Gasteiger partial charge in [-0.2, -0.15) is 0 Å². The van der Waals surface area contributed by atoms with Crippen molar-refractivity contribution in [3.63, 3.8) is 0 Å². The van der Waals surface area contributed by atoms with Gasteiger partial charge in [-0.15, -0.1) is 0 Å². The third-order valence-electron chi connectivity index (χ3n) is 3.12. The van der Waals surface area contributed by atoms with Crippen LogP contribution in [0.3, 0.4) is 0 Å². The highest BCUT2D eigenvalue weighted by molar-refractivity contribution is 5.33. The van der Waals surface area contributed by atoms with Crippen LogP contribution in [0.2, 0.25) is 0 Å². The molecule has 0 radical (unpaired) electrons. The van der Waals surface area contributed by atoms with Gasteiger partial charge in [0.25, 0.3) is 0 Å². The maximum absolute atomic E-state index is 8.82. The van der Waals surface area contributed by atoms with Gasteiger partial charge in [-0.05, 0) is 19.9 Å². The molecule has 2 N–H and O–H groups in total. The van der Waals surface area contributed by atoms with Crippen molar-refractivity contribution in [1.82, 2.24) is 10.5 Å². The van der Waals surface area contributed by atoms with Crippen LogP contribution in [-0.2, 0) is 13.1 Å². The molecule has 1 aromatic carbocycles. The van der Waals surface area contributed by atoms with E-state index < -0.39 is 0 Å². The number of para-hydroxylation sites is 1. The second-order valence-corrected chi connectivity index (χ2v) is 4.59. The van der Waals surface area contributed by atoms with Crippen molar-refractivity contribution in [1.29, 1.82) is 0 Å². The Morgan fingerprint density at radius 1 is 1.25 bits per heavy atom. The van der Waals surface area contributed by atoms with Gasteiger partial charge in [0.05, 0.1) is 12.3 Å². The van der Waals surface area contributed by atoms with Gasteiger partial charge in [0.15, 0.2) is 0 Å². The lowest BCUT2D eigenvalue weighted by Crippen LogP contribution is -2.15. The molecule has 20 heavy (non-hydrogen) atoms. The maximum atomic E-state index is 8.82. The number of aryl methyl sites for hydroxylation is 2. The fraction of sp³-hybridized carbons (Fsp3) is 0.400. The first-order valence-electron chi connectivity index (χ1n) is 6.66. The minimum absolute atomic E-state index is 0.0147. The van der Waals surface area contributed by atoms with E-state index in [0.717, 1.165) is 28.3 Å². The lowest BCUT2D eigenvalue weighted by atomic mass is 10.1. The third kappa shape index (κ3) is 3.59. The summed E-state index contributed by atoms with van der Waals surface area (Å²) in [6, 6.07) is 7.80. The summed E-state index contributed by atoms with van der Waals surface area (Å²) >= 11 is 0. The van der Waals surface area contributed by atoms with Gasteiger partial charge in [0.1, 0.15) is 18.1 Å². The first-order chi connectivity index (χ1) is 9.72. The molecule has 1 aromatic heterocycles. The molecule has 0 unspecified atom stereocenters. The Morgan fingerprint density at radius 2 is 2.05 bits per heavy atom. The third-order valence-corrected chi connectivity index (χ3v) is 3.12. The van der Waals surface area contributed by atoms with E-state index >= 15 is 0 Å². The Hall–Kier alpha value is -1.85. The molecule has 1 heterocycles. The number of nitrogens with one attached hydrogen (secondary N) is 1. The zero-order valence-corrected chi connectivity index (χ0v) is 11.8. The van der Waals surface area contributed by atoms with E-state index in [4.69, 9.17) is 14.4 Å². The van der Waals surface area contributed by atoms with E-state index in [1.165, 1.54) is 0 Å². The lowest BCUT2D eigenvalue weighted by molar-refractivity contribution is 0.200. The summed E-state index contributed by atoms with van der Waals surface area (Å²) < 4.78 is 10.6. The van der Waals surface area contributed by atoms with Crippen LogP contribution in [0, 0.1) is 13.8 Å². The second-order valence-electron chi connectivity index (χ2n) is 4.59. The van der Waals surface area contributed by atoms with Crippen molar-refractivity contribution in [2.75, 3.05) is 13.2 Å². The number of ether oxygens (including phenoxy) is 1. The summed E-state index contributed by atoms with van der Waals surface area (Å²) in [5, 5.41) is 16.1. The Labute approximate surface area is 118 Å². The minimum atomic E-state index is 0.0147. The first kappa shape index (κ1) is 14.6. The summed E-state index contributed by atoms with van der Waals surface area (Å²) in [7, 11) is 0. The molecular formula is C15H20N2O3. The predicted octanol–water partition coefficient (Wildman–Crippen LogP) is 1.95. The van der Waals surface area contributed by atoms with Crippen LogP contribution in [-0.4, -0.2) is 23.5 Å². The van der Waals surface area contributed by atoms with E-state index in [9.17, 15) is 0 Å². The highest BCUT2D eigenvalue weighted by atomic mass is 16.5. The quantitative estimate of drug-likeness (QED) is 0.809. The van der Waals surface area contributed by atoms with Crippen molar-refractivity contribution in [3.8, 4) is 5.75 Å². The maximum Gasteiger partial charge on any atom is 0.138 e. The predicted molar refractivity (Wildman–Crippen MR) is 75.5 cm³/mol. The summed E-state index contributed by atoms with van der Waals surface area (Å²) in [5.74, 6) is 1.65. The van der Waals surface area contributed by atoms with Crippen LogP contribution < -0.4 is 10.1 Å². The fourth-order valence-electron chi connectivity index (χ4n) is 2.02. The summed E-state index contributed by atoms with van der Waals surface area (Å²) in [4.78, 5) is 0. The largest absolute Gasteiger partial charge is 0.491 e. The van der Waals surface area contributed by atoms with Gasteiger partial charge in [-0.1, -0.05) is 23.4 Å². The van der Waals surface area contributed by atoms with Crippen LogP contribution >= 0.6 is 0 Å². The van der Waals surface area contributed by atoms with Crippen molar-refractivity contribution >= 4 is 0 Å². The number of hydrogen-bond acceptors (Lipinski definition) is 5. The van der Waals surface area contributed by atoms with E-state index in [-0.39, 0.29) is 6.61 Å². The molecule has 0 aliphatic rings. The molecule has 2 aromatic rings. The lowest BCUT2D eigenvalue weighted by Gasteiger charge is -2.11. The first-order valence-corrected chi connectivity index (χ1v) is 6.66. The molecule has 0 bridgehead atoms. The van der Waals surface area contributed by atoms with Crippen molar-refractivity contribution in [2.24, 2.45) is 0 Å². The number of aromatic nitrogens is 1.